The van der Waals surface area contributed by atoms with Crippen molar-refractivity contribution in [2.75, 3.05) is 0 Å². The lowest BCUT2D eigenvalue weighted by Gasteiger charge is -2.22. The summed E-state index contributed by atoms with van der Waals surface area (Å²) < 4.78 is 0. The van der Waals surface area contributed by atoms with Crippen molar-refractivity contribution < 1.29 is 4.79 Å². The molecule has 0 radical (unpaired) electrons. The Bertz CT molecular complexity index is 406. The minimum absolute atomic E-state index is 0.00333. The van der Waals surface area contributed by atoms with E-state index < -0.39 is 0 Å². The van der Waals surface area contributed by atoms with Crippen LogP contribution in [0.5, 0.6) is 0 Å². The average molecular weight is 239 g/mol. The maximum absolute atomic E-state index is 11.7. The Balaban J connectivity index is 2.20. The smallest absolute Gasteiger partial charge is 0.238 e. The van der Waals surface area contributed by atoms with E-state index in [-0.39, 0.29) is 18.0 Å². The van der Waals surface area contributed by atoms with Gasteiger partial charge in [0.25, 0.3) is 0 Å². The van der Waals surface area contributed by atoms with Gasteiger partial charge in [0.1, 0.15) is 0 Å². The predicted octanol–water partition coefficient (Wildman–Crippen LogP) is 2.53. The zero-order valence-electron chi connectivity index (χ0n) is 9.40. The second kappa shape index (κ2) is 4.44. The lowest BCUT2D eigenvalue weighted by Crippen LogP contribution is -2.40. The minimum atomic E-state index is 0.00333. The van der Waals surface area contributed by atoms with Crippen molar-refractivity contribution in [2.24, 2.45) is 0 Å². The van der Waals surface area contributed by atoms with Crippen LogP contribution < -0.4 is 5.43 Å². The van der Waals surface area contributed by atoms with E-state index >= 15 is 0 Å². The molecule has 16 heavy (non-hydrogen) atoms. The molecule has 0 aromatic heterocycles. The summed E-state index contributed by atoms with van der Waals surface area (Å²) in [6.45, 7) is 3.97. The van der Waals surface area contributed by atoms with Crippen LogP contribution in [0.1, 0.15) is 31.9 Å². The van der Waals surface area contributed by atoms with Gasteiger partial charge in [0.15, 0.2) is 0 Å². The molecular formula is C12H15ClN2O. The van der Waals surface area contributed by atoms with Gasteiger partial charge in [0.05, 0.1) is 6.04 Å². The van der Waals surface area contributed by atoms with E-state index in [4.69, 9.17) is 11.6 Å². The van der Waals surface area contributed by atoms with Crippen molar-refractivity contribution in [1.82, 2.24) is 10.4 Å². The van der Waals surface area contributed by atoms with Gasteiger partial charge in [-0.25, -0.2) is 5.43 Å². The highest BCUT2D eigenvalue weighted by Gasteiger charge is 2.32. The van der Waals surface area contributed by atoms with Gasteiger partial charge in [0, 0.05) is 17.5 Å². The van der Waals surface area contributed by atoms with Crippen molar-refractivity contribution in [3.05, 3.63) is 34.9 Å². The fraction of sp³-hybridized carbons (Fsp3) is 0.417. The van der Waals surface area contributed by atoms with Crippen molar-refractivity contribution in [1.29, 1.82) is 0 Å². The lowest BCUT2D eigenvalue weighted by molar-refractivity contribution is -0.131. The third-order valence-corrected chi connectivity index (χ3v) is 3.08. The number of carbonyl (C=O) groups is 1. The number of hydrogen-bond acceptors (Lipinski definition) is 2. The zero-order chi connectivity index (χ0) is 11.7. The van der Waals surface area contributed by atoms with Gasteiger partial charge in [-0.05, 0) is 25.5 Å². The monoisotopic (exact) mass is 238 g/mol. The normalized spacial score (nSPS) is 20.9. The third-order valence-electron chi connectivity index (χ3n) is 2.74. The van der Waals surface area contributed by atoms with Crippen molar-refractivity contribution in [3.63, 3.8) is 0 Å². The van der Waals surface area contributed by atoms with Gasteiger partial charge in [-0.2, -0.15) is 0 Å². The maximum atomic E-state index is 11.7. The summed E-state index contributed by atoms with van der Waals surface area (Å²) in [6.07, 6.45) is 0.474. The first-order chi connectivity index (χ1) is 7.59. The molecule has 0 spiro atoms. The molecule has 0 aliphatic carbocycles. The van der Waals surface area contributed by atoms with Gasteiger partial charge >= 0.3 is 0 Å². The first-order valence-corrected chi connectivity index (χ1v) is 5.80. The van der Waals surface area contributed by atoms with E-state index in [2.05, 4.69) is 5.43 Å². The molecule has 1 aromatic rings. The number of hydrazine groups is 1. The average Bonchev–Trinajstić information content (AvgIpc) is 2.61. The van der Waals surface area contributed by atoms with Crippen LogP contribution in [0.25, 0.3) is 0 Å². The Labute approximate surface area is 100 Å². The summed E-state index contributed by atoms with van der Waals surface area (Å²) >= 11 is 6.11. The largest absolute Gasteiger partial charge is 0.275 e. The molecule has 1 saturated heterocycles. The standard InChI is InChI=1S/C12H15ClN2O/c1-8(2)15-12(16)7-11(14-15)9-5-3-4-6-10(9)13/h3-6,8,11,14H,7H2,1-2H3. The molecule has 0 bridgehead atoms. The SMILES string of the molecule is CC(C)N1NC(c2ccccc2Cl)CC1=O. The van der Waals surface area contributed by atoms with E-state index in [0.29, 0.717) is 11.4 Å². The van der Waals surface area contributed by atoms with E-state index in [0.717, 1.165) is 5.56 Å². The molecule has 0 saturated carbocycles. The number of benzene rings is 1. The van der Waals surface area contributed by atoms with E-state index in [9.17, 15) is 4.79 Å². The quantitative estimate of drug-likeness (QED) is 0.859. The first-order valence-electron chi connectivity index (χ1n) is 5.42. The molecule has 1 aromatic carbocycles. The highest BCUT2D eigenvalue weighted by molar-refractivity contribution is 6.31. The minimum Gasteiger partial charge on any atom is -0.275 e. The number of nitrogens with one attached hydrogen (secondary N) is 1. The molecule has 1 heterocycles. The molecular weight excluding hydrogens is 224 g/mol. The number of amides is 1. The number of hydrogen-bond donors (Lipinski definition) is 1. The third kappa shape index (κ3) is 2.06. The Morgan fingerprint density at radius 3 is 2.69 bits per heavy atom. The molecule has 1 amide bonds. The van der Waals surface area contributed by atoms with Crippen LogP contribution in [0.3, 0.4) is 0 Å². The Kier molecular flexibility index (Phi) is 3.17. The summed E-state index contributed by atoms with van der Waals surface area (Å²) in [5, 5.41) is 2.38. The van der Waals surface area contributed by atoms with Crippen LogP contribution in [0.4, 0.5) is 0 Å². The molecule has 4 heteroatoms. The van der Waals surface area contributed by atoms with Crippen LogP contribution in [0.15, 0.2) is 24.3 Å². The van der Waals surface area contributed by atoms with Gasteiger partial charge < -0.3 is 0 Å². The maximum Gasteiger partial charge on any atom is 0.238 e. The van der Waals surface area contributed by atoms with Gasteiger partial charge in [-0.15, -0.1) is 0 Å². The van der Waals surface area contributed by atoms with Crippen molar-refractivity contribution in [2.45, 2.75) is 32.4 Å². The first kappa shape index (κ1) is 11.4. The highest BCUT2D eigenvalue weighted by atomic mass is 35.5. The number of rotatable bonds is 2. The fourth-order valence-electron chi connectivity index (χ4n) is 1.93. The molecule has 1 N–H and O–H groups in total. The van der Waals surface area contributed by atoms with Gasteiger partial charge in [-0.3, -0.25) is 9.80 Å². The number of carbonyl (C=O) groups excluding carboxylic acids is 1. The fourth-order valence-corrected chi connectivity index (χ4v) is 2.20. The molecule has 1 aliphatic rings. The second-order valence-electron chi connectivity index (χ2n) is 4.26. The van der Waals surface area contributed by atoms with Crippen LogP contribution in [0.2, 0.25) is 5.02 Å². The Hall–Kier alpha value is -1.06. The zero-order valence-corrected chi connectivity index (χ0v) is 10.2. The Morgan fingerprint density at radius 2 is 2.12 bits per heavy atom. The summed E-state index contributed by atoms with van der Waals surface area (Å²) in [7, 11) is 0. The number of halogens is 1. The van der Waals surface area contributed by atoms with Gasteiger partial charge in [-0.1, -0.05) is 29.8 Å². The van der Waals surface area contributed by atoms with Crippen molar-refractivity contribution in [3.8, 4) is 0 Å². The summed E-state index contributed by atoms with van der Waals surface area (Å²) in [6, 6.07) is 7.80. The lowest BCUT2D eigenvalue weighted by atomic mass is 10.1. The van der Waals surface area contributed by atoms with Crippen LogP contribution in [0, 0.1) is 0 Å². The molecule has 1 aliphatic heterocycles. The Morgan fingerprint density at radius 1 is 1.44 bits per heavy atom. The second-order valence-corrected chi connectivity index (χ2v) is 4.67. The van der Waals surface area contributed by atoms with Gasteiger partial charge in [0.2, 0.25) is 5.91 Å². The number of nitrogens with zero attached hydrogens (tertiary/aromatic N) is 1. The van der Waals surface area contributed by atoms with Crippen LogP contribution in [-0.4, -0.2) is 17.0 Å². The van der Waals surface area contributed by atoms with Crippen molar-refractivity contribution >= 4 is 17.5 Å². The molecule has 3 nitrogen and oxygen atoms in total. The highest BCUT2D eigenvalue weighted by Crippen LogP contribution is 2.29. The van der Waals surface area contributed by atoms with E-state index in [1.807, 2.05) is 38.1 Å². The van der Waals surface area contributed by atoms with E-state index in [1.54, 1.807) is 5.01 Å². The summed E-state index contributed by atoms with van der Waals surface area (Å²) in [4.78, 5) is 11.7. The molecule has 86 valence electrons. The predicted molar refractivity (Wildman–Crippen MR) is 63.9 cm³/mol. The summed E-state index contributed by atoms with van der Waals surface area (Å²) in [5.74, 6) is 0.125. The molecule has 1 atom stereocenters. The van der Waals surface area contributed by atoms with Crippen LogP contribution >= 0.6 is 11.6 Å². The van der Waals surface area contributed by atoms with Crippen LogP contribution in [-0.2, 0) is 4.79 Å². The molecule has 1 unspecified atom stereocenters. The molecule has 1 fully saturated rings. The van der Waals surface area contributed by atoms with E-state index in [1.165, 1.54) is 0 Å². The summed E-state index contributed by atoms with van der Waals surface area (Å²) in [5.41, 5.74) is 4.18. The molecule has 2 rings (SSSR count). The topological polar surface area (TPSA) is 32.3 Å².